The maximum atomic E-state index is 13.6. The molecule has 6 nitrogen and oxygen atoms in total. The van der Waals surface area contributed by atoms with Crippen molar-refractivity contribution in [3.8, 4) is 0 Å². The number of halogens is 3. The number of hydrogen-bond donors (Lipinski definition) is 1. The van der Waals surface area contributed by atoms with Crippen molar-refractivity contribution < 1.29 is 27.8 Å². The number of cyclic esters (lactones) is 1. The number of amides is 1. The summed E-state index contributed by atoms with van der Waals surface area (Å²) in [6.45, 7) is 4.58. The van der Waals surface area contributed by atoms with Crippen molar-refractivity contribution in [1.29, 1.82) is 0 Å². The van der Waals surface area contributed by atoms with Crippen molar-refractivity contribution in [1.82, 2.24) is 9.88 Å². The first-order valence-electron chi connectivity index (χ1n) is 12.0. The van der Waals surface area contributed by atoms with Crippen molar-refractivity contribution in [2.45, 2.75) is 69.4 Å². The number of aliphatic hydroxyl groups is 1. The maximum Gasteiger partial charge on any atom is 0.419 e. The number of carbonyl (C=O) groups excluding carboxylic acids is 1. The molecule has 1 amide bonds. The Morgan fingerprint density at radius 2 is 1.89 bits per heavy atom. The Hall–Kier alpha value is -2.81. The van der Waals surface area contributed by atoms with Crippen molar-refractivity contribution in [2.24, 2.45) is 0 Å². The number of pyridine rings is 1. The van der Waals surface area contributed by atoms with Gasteiger partial charge in [-0.1, -0.05) is 30.3 Å². The molecule has 4 rings (SSSR count). The van der Waals surface area contributed by atoms with Crippen LogP contribution in [0, 0.1) is 0 Å². The van der Waals surface area contributed by atoms with Gasteiger partial charge >= 0.3 is 12.3 Å². The number of piperidine rings is 1. The van der Waals surface area contributed by atoms with E-state index in [1.807, 2.05) is 30.3 Å². The van der Waals surface area contributed by atoms with Gasteiger partial charge in [-0.2, -0.15) is 13.2 Å². The summed E-state index contributed by atoms with van der Waals surface area (Å²) in [7, 11) is 0. The van der Waals surface area contributed by atoms with Crippen LogP contribution in [0.3, 0.4) is 0 Å². The number of nitrogens with zero attached hydrogens (tertiary/aromatic N) is 3. The number of aromatic nitrogens is 1. The van der Waals surface area contributed by atoms with Gasteiger partial charge in [0.15, 0.2) is 0 Å². The van der Waals surface area contributed by atoms with E-state index in [0.29, 0.717) is 45.2 Å². The molecule has 35 heavy (non-hydrogen) atoms. The second-order valence-electron chi connectivity index (χ2n) is 10.1. The van der Waals surface area contributed by atoms with E-state index in [-0.39, 0.29) is 18.4 Å². The fourth-order valence-electron chi connectivity index (χ4n) is 5.05. The first-order valence-corrected chi connectivity index (χ1v) is 12.0. The standard InChI is InChI=1S/C26H32F3N3O3/c1-24(2,34)12-13-25(19-8-4-3-5-9-19)14-17-32(23(33)35-25)20-10-7-16-31(18-20)22-21(26(27,28)29)11-6-15-30-22/h3-6,8-9,11,15,20,34H,7,10,12-14,16-18H2,1-2H3/t20-,25+/m0/s1. The molecule has 9 heteroatoms. The second-order valence-corrected chi connectivity index (χ2v) is 10.1. The molecular formula is C26H32F3N3O3. The lowest BCUT2D eigenvalue weighted by Gasteiger charge is -2.47. The Balaban J connectivity index is 1.52. The van der Waals surface area contributed by atoms with Gasteiger partial charge in [-0.15, -0.1) is 0 Å². The third kappa shape index (κ3) is 5.72. The smallest absolute Gasteiger partial charge is 0.419 e. The summed E-state index contributed by atoms with van der Waals surface area (Å²) in [4.78, 5) is 20.6. The quantitative estimate of drug-likeness (QED) is 0.590. The van der Waals surface area contributed by atoms with E-state index in [2.05, 4.69) is 4.98 Å². The van der Waals surface area contributed by atoms with Crippen molar-refractivity contribution in [2.75, 3.05) is 24.5 Å². The van der Waals surface area contributed by atoms with Gasteiger partial charge in [0.25, 0.3) is 0 Å². The van der Waals surface area contributed by atoms with Gasteiger partial charge in [-0.05, 0) is 57.2 Å². The highest BCUT2D eigenvalue weighted by atomic mass is 19.4. The Morgan fingerprint density at radius 1 is 1.14 bits per heavy atom. The molecule has 2 saturated heterocycles. The van der Waals surface area contributed by atoms with Crippen LogP contribution >= 0.6 is 0 Å². The normalized spacial score (nSPS) is 23.8. The Labute approximate surface area is 203 Å². The number of alkyl halides is 3. The molecule has 2 aromatic rings. The zero-order valence-electron chi connectivity index (χ0n) is 20.1. The lowest BCUT2D eigenvalue weighted by Crippen LogP contribution is -2.56. The Kier molecular flexibility index (Phi) is 6.99. The SMILES string of the molecule is CC(C)(O)CC[C@]1(c2ccccc2)CCN([C@H]2CCCN(c3ncccc3C(F)(F)F)C2)C(=O)O1. The van der Waals surface area contributed by atoms with Crippen LogP contribution in [0.1, 0.15) is 57.1 Å². The van der Waals surface area contributed by atoms with Gasteiger partial charge < -0.3 is 19.6 Å². The third-order valence-electron chi connectivity index (χ3n) is 6.94. The molecule has 2 atom stereocenters. The summed E-state index contributed by atoms with van der Waals surface area (Å²) in [5.74, 6) is -0.0983. The highest BCUT2D eigenvalue weighted by molar-refractivity contribution is 5.70. The number of hydrogen-bond acceptors (Lipinski definition) is 5. The van der Waals surface area contributed by atoms with Crippen LogP contribution in [0.15, 0.2) is 48.7 Å². The molecule has 0 bridgehead atoms. The molecule has 1 aromatic carbocycles. The van der Waals surface area contributed by atoms with Crippen LogP contribution in [-0.2, 0) is 16.5 Å². The highest BCUT2D eigenvalue weighted by Crippen LogP contribution is 2.41. The summed E-state index contributed by atoms with van der Waals surface area (Å²) in [6.07, 6.45) is -0.832. The van der Waals surface area contributed by atoms with Crippen molar-refractivity contribution >= 4 is 11.9 Å². The maximum absolute atomic E-state index is 13.6. The van der Waals surface area contributed by atoms with E-state index in [4.69, 9.17) is 4.74 Å². The summed E-state index contributed by atoms with van der Waals surface area (Å²) in [5, 5.41) is 10.3. The van der Waals surface area contributed by atoms with Crippen LogP contribution in [0.25, 0.3) is 0 Å². The molecule has 0 radical (unpaired) electrons. The second kappa shape index (κ2) is 9.68. The van der Waals surface area contributed by atoms with Gasteiger partial charge in [-0.3, -0.25) is 0 Å². The molecule has 0 spiro atoms. The lowest BCUT2D eigenvalue weighted by molar-refractivity contribution is -0.137. The van der Waals surface area contributed by atoms with Gasteiger partial charge in [0.1, 0.15) is 11.4 Å². The average Bonchev–Trinajstić information content (AvgIpc) is 2.82. The van der Waals surface area contributed by atoms with Crippen LogP contribution in [0.2, 0.25) is 0 Å². The van der Waals surface area contributed by atoms with Crippen LogP contribution in [0.4, 0.5) is 23.8 Å². The summed E-state index contributed by atoms with van der Waals surface area (Å²) >= 11 is 0. The molecule has 1 aromatic heterocycles. The molecule has 0 unspecified atom stereocenters. The molecule has 0 saturated carbocycles. The minimum atomic E-state index is -4.50. The van der Waals surface area contributed by atoms with Gasteiger partial charge in [0.05, 0.1) is 17.2 Å². The van der Waals surface area contributed by atoms with Crippen LogP contribution in [0.5, 0.6) is 0 Å². The molecule has 2 aliphatic rings. The zero-order chi connectivity index (χ0) is 25.3. The molecule has 190 valence electrons. The first kappa shape index (κ1) is 25.3. The molecule has 2 aliphatic heterocycles. The largest absolute Gasteiger partial charge is 0.438 e. The number of anilines is 1. The number of rotatable bonds is 6. The molecule has 3 heterocycles. The molecule has 1 N–H and O–H groups in total. The van der Waals surface area contributed by atoms with Gasteiger partial charge in [-0.25, -0.2) is 9.78 Å². The number of benzene rings is 1. The summed E-state index contributed by atoms with van der Waals surface area (Å²) < 4.78 is 46.8. The minimum Gasteiger partial charge on any atom is -0.438 e. The van der Waals surface area contributed by atoms with Crippen LogP contribution in [-0.4, -0.2) is 52.4 Å². The minimum absolute atomic E-state index is 0.0983. The highest BCUT2D eigenvalue weighted by Gasteiger charge is 2.45. The van der Waals surface area contributed by atoms with Crippen LogP contribution < -0.4 is 4.90 Å². The first-order chi connectivity index (χ1) is 16.5. The van der Waals surface area contributed by atoms with Crippen molar-refractivity contribution in [3.63, 3.8) is 0 Å². The predicted octanol–water partition coefficient (Wildman–Crippen LogP) is 5.36. The number of ether oxygens (including phenoxy) is 1. The number of carbonyl (C=O) groups is 1. The summed E-state index contributed by atoms with van der Waals surface area (Å²) in [6, 6.07) is 11.6. The average molecular weight is 492 g/mol. The zero-order valence-corrected chi connectivity index (χ0v) is 20.1. The van der Waals surface area contributed by atoms with E-state index >= 15 is 0 Å². The van der Waals surface area contributed by atoms with Gasteiger partial charge in [0.2, 0.25) is 0 Å². The molecular weight excluding hydrogens is 459 g/mol. The monoisotopic (exact) mass is 491 g/mol. The molecule has 2 fully saturated rings. The fraction of sp³-hybridized carbons (Fsp3) is 0.538. The van der Waals surface area contributed by atoms with E-state index in [1.54, 1.807) is 23.6 Å². The Morgan fingerprint density at radius 3 is 2.54 bits per heavy atom. The fourth-order valence-corrected chi connectivity index (χ4v) is 5.05. The van der Waals surface area contributed by atoms with E-state index < -0.39 is 29.0 Å². The van der Waals surface area contributed by atoms with E-state index in [9.17, 15) is 23.1 Å². The predicted molar refractivity (Wildman–Crippen MR) is 126 cm³/mol. The van der Waals surface area contributed by atoms with Gasteiger partial charge in [0, 0.05) is 32.3 Å². The van der Waals surface area contributed by atoms with E-state index in [0.717, 1.165) is 11.6 Å². The van der Waals surface area contributed by atoms with E-state index in [1.165, 1.54) is 12.3 Å². The topological polar surface area (TPSA) is 65.9 Å². The summed E-state index contributed by atoms with van der Waals surface area (Å²) in [5.41, 5.74) is -1.65. The van der Waals surface area contributed by atoms with Crippen molar-refractivity contribution in [3.05, 3.63) is 59.8 Å². The lowest BCUT2D eigenvalue weighted by atomic mass is 9.82. The molecule has 0 aliphatic carbocycles. The third-order valence-corrected chi connectivity index (χ3v) is 6.94. The Bertz CT molecular complexity index is 1030.